The maximum atomic E-state index is 7.69. The van der Waals surface area contributed by atoms with E-state index in [9.17, 15) is 0 Å². The van der Waals surface area contributed by atoms with Gasteiger partial charge in [0.15, 0.2) is 0 Å². The van der Waals surface area contributed by atoms with Crippen molar-refractivity contribution >= 4 is 28.7 Å². The summed E-state index contributed by atoms with van der Waals surface area (Å²) < 4.78 is 0. The average Bonchev–Trinajstić information content (AvgIpc) is 2.59. The van der Waals surface area contributed by atoms with Crippen molar-refractivity contribution in [3.8, 4) is 0 Å². The van der Waals surface area contributed by atoms with Crippen molar-refractivity contribution < 1.29 is 0 Å². The van der Waals surface area contributed by atoms with Crippen LogP contribution in [0, 0.1) is 5.41 Å². The van der Waals surface area contributed by atoms with Gasteiger partial charge in [-0.3, -0.25) is 0 Å². The fourth-order valence-electron chi connectivity index (χ4n) is 2.54. The molecule has 114 valence electrons. The molecule has 1 aliphatic rings. The monoisotopic (exact) mass is 318 g/mol. The molecule has 0 bridgehead atoms. The Morgan fingerprint density at radius 2 is 1.35 bits per heavy atom. The van der Waals surface area contributed by atoms with Gasteiger partial charge in [0, 0.05) is 10.6 Å². The molecule has 2 aromatic carbocycles. The highest BCUT2D eigenvalue weighted by Gasteiger charge is 2.11. The van der Waals surface area contributed by atoms with Crippen LogP contribution in [0.5, 0.6) is 0 Å². The largest absolute Gasteiger partial charge is 0.399 e. The quantitative estimate of drug-likeness (QED) is 0.622. The second-order valence-corrected chi connectivity index (χ2v) is 6.18. The molecule has 0 aromatic heterocycles. The fraction of sp³-hybridized carbons (Fsp3) is 0.0500. The molecule has 0 unspecified atom stereocenters. The normalized spacial score (nSPS) is 13.4. The topological polar surface area (TPSA) is 49.9 Å². The zero-order valence-electron chi connectivity index (χ0n) is 12.9. The van der Waals surface area contributed by atoms with Crippen molar-refractivity contribution in [2.24, 2.45) is 0 Å². The van der Waals surface area contributed by atoms with E-state index in [1.165, 1.54) is 4.90 Å². The first-order valence-electron chi connectivity index (χ1n) is 7.37. The molecule has 3 heteroatoms. The third-order valence-corrected chi connectivity index (χ3v) is 4.50. The fourth-order valence-corrected chi connectivity index (χ4v) is 2.95. The number of hydrogen-bond acceptors (Lipinski definition) is 3. The Labute approximate surface area is 140 Å². The summed E-state index contributed by atoms with van der Waals surface area (Å²) in [5.41, 5.74) is 11.6. The van der Waals surface area contributed by atoms with Crippen LogP contribution in [0.1, 0.15) is 11.1 Å². The molecule has 0 atom stereocenters. The number of anilines is 1. The highest BCUT2D eigenvalue weighted by Crippen LogP contribution is 2.31. The molecular weight excluding hydrogens is 300 g/mol. The highest BCUT2D eigenvalue weighted by molar-refractivity contribution is 7.98. The second-order valence-electron chi connectivity index (χ2n) is 5.30. The third kappa shape index (κ3) is 3.46. The van der Waals surface area contributed by atoms with Gasteiger partial charge in [-0.1, -0.05) is 36.4 Å². The van der Waals surface area contributed by atoms with Crippen LogP contribution in [-0.4, -0.2) is 12.0 Å². The zero-order chi connectivity index (χ0) is 16.2. The van der Waals surface area contributed by atoms with Crippen LogP contribution in [0.2, 0.25) is 0 Å². The van der Waals surface area contributed by atoms with Crippen molar-refractivity contribution in [3.05, 3.63) is 89.5 Å². The first-order valence-corrected chi connectivity index (χ1v) is 8.59. The smallest absolute Gasteiger partial charge is 0.0540 e. The Hall–Kier alpha value is -2.52. The van der Waals surface area contributed by atoms with E-state index < -0.39 is 0 Å². The molecule has 23 heavy (non-hydrogen) atoms. The SMILES string of the molecule is CSc1ccc(C(=C2C=CC(=N)C=C2)c2ccc(N)cc2)cc1. The predicted molar refractivity (Wildman–Crippen MR) is 101 cm³/mol. The van der Waals surface area contributed by atoms with E-state index in [1.807, 2.05) is 48.6 Å². The molecule has 2 nitrogen and oxygen atoms in total. The van der Waals surface area contributed by atoms with Crippen LogP contribution in [0.4, 0.5) is 5.69 Å². The maximum absolute atomic E-state index is 7.69. The Bertz CT molecular complexity index is 792. The number of nitrogen functional groups attached to an aromatic ring is 1. The van der Waals surface area contributed by atoms with Gasteiger partial charge < -0.3 is 11.1 Å². The van der Waals surface area contributed by atoms with Gasteiger partial charge in [-0.15, -0.1) is 11.8 Å². The number of thioether (sulfide) groups is 1. The summed E-state index contributed by atoms with van der Waals surface area (Å²) in [5, 5.41) is 7.69. The van der Waals surface area contributed by atoms with Crippen LogP contribution >= 0.6 is 11.8 Å². The van der Waals surface area contributed by atoms with Crippen LogP contribution in [0.15, 0.2) is 83.3 Å². The number of rotatable bonds is 3. The lowest BCUT2D eigenvalue weighted by Crippen LogP contribution is -1.97. The lowest BCUT2D eigenvalue weighted by atomic mass is 9.91. The van der Waals surface area contributed by atoms with E-state index in [0.29, 0.717) is 5.71 Å². The molecule has 0 saturated carbocycles. The molecular formula is C20H18N2S. The van der Waals surface area contributed by atoms with E-state index in [4.69, 9.17) is 11.1 Å². The maximum Gasteiger partial charge on any atom is 0.0540 e. The molecule has 0 amide bonds. The van der Waals surface area contributed by atoms with E-state index in [-0.39, 0.29) is 0 Å². The van der Waals surface area contributed by atoms with Crippen molar-refractivity contribution in [2.75, 3.05) is 12.0 Å². The van der Waals surface area contributed by atoms with Gasteiger partial charge in [0.05, 0.1) is 5.71 Å². The minimum Gasteiger partial charge on any atom is -0.399 e. The molecule has 0 aliphatic heterocycles. The summed E-state index contributed by atoms with van der Waals surface area (Å²) in [6.07, 6.45) is 9.71. The number of benzene rings is 2. The van der Waals surface area contributed by atoms with Crippen molar-refractivity contribution in [1.82, 2.24) is 0 Å². The summed E-state index contributed by atoms with van der Waals surface area (Å²) in [6, 6.07) is 16.5. The van der Waals surface area contributed by atoms with Gasteiger partial charge in [0.25, 0.3) is 0 Å². The van der Waals surface area contributed by atoms with E-state index in [1.54, 1.807) is 11.8 Å². The summed E-state index contributed by atoms with van der Waals surface area (Å²) in [6.45, 7) is 0. The molecule has 0 heterocycles. The minimum atomic E-state index is 0.517. The molecule has 0 saturated heterocycles. The summed E-state index contributed by atoms with van der Waals surface area (Å²) in [4.78, 5) is 1.24. The molecule has 3 rings (SSSR count). The predicted octanol–water partition coefficient (Wildman–Crippen LogP) is 4.94. The lowest BCUT2D eigenvalue weighted by molar-refractivity contribution is 1.42. The van der Waals surface area contributed by atoms with Crippen molar-refractivity contribution in [1.29, 1.82) is 5.41 Å². The Kier molecular flexibility index (Phi) is 4.49. The van der Waals surface area contributed by atoms with Gasteiger partial charge in [-0.05, 0) is 64.9 Å². The number of nitrogens with one attached hydrogen (secondary N) is 1. The second kappa shape index (κ2) is 6.71. The lowest BCUT2D eigenvalue weighted by Gasteiger charge is -2.14. The molecule has 0 radical (unpaired) electrons. The first kappa shape index (κ1) is 15.4. The molecule has 3 N–H and O–H groups in total. The average molecular weight is 318 g/mol. The number of nitrogens with two attached hydrogens (primary N) is 1. The van der Waals surface area contributed by atoms with Crippen LogP contribution in [0.25, 0.3) is 5.57 Å². The summed E-state index contributed by atoms with van der Waals surface area (Å²) in [5.74, 6) is 0. The highest BCUT2D eigenvalue weighted by atomic mass is 32.2. The van der Waals surface area contributed by atoms with E-state index >= 15 is 0 Å². The van der Waals surface area contributed by atoms with Gasteiger partial charge >= 0.3 is 0 Å². The standard InChI is InChI=1S/C20H18N2S/c1-23-19-12-6-16(7-13-19)20(14-2-8-17(21)9-3-14)15-4-10-18(22)11-5-15/h2-13,21H,22H2,1H3. The Morgan fingerprint density at radius 1 is 0.826 bits per heavy atom. The van der Waals surface area contributed by atoms with Gasteiger partial charge in [-0.2, -0.15) is 0 Å². The first-order chi connectivity index (χ1) is 11.2. The Balaban J connectivity index is 2.15. The van der Waals surface area contributed by atoms with Gasteiger partial charge in [0.1, 0.15) is 0 Å². The zero-order valence-corrected chi connectivity index (χ0v) is 13.7. The van der Waals surface area contributed by atoms with Crippen LogP contribution < -0.4 is 5.73 Å². The molecule has 1 aliphatic carbocycles. The third-order valence-electron chi connectivity index (χ3n) is 3.75. The summed E-state index contributed by atoms with van der Waals surface area (Å²) in [7, 11) is 0. The van der Waals surface area contributed by atoms with Gasteiger partial charge in [0.2, 0.25) is 0 Å². The molecule has 0 fully saturated rings. The summed E-state index contributed by atoms with van der Waals surface area (Å²) >= 11 is 1.73. The van der Waals surface area contributed by atoms with E-state index in [2.05, 4.69) is 30.5 Å². The Morgan fingerprint density at radius 3 is 1.87 bits per heavy atom. The van der Waals surface area contributed by atoms with Crippen molar-refractivity contribution in [2.45, 2.75) is 4.90 Å². The van der Waals surface area contributed by atoms with Crippen LogP contribution in [-0.2, 0) is 0 Å². The van der Waals surface area contributed by atoms with E-state index in [0.717, 1.165) is 28.0 Å². The van der Waals surface area contributed by atoms with Crippen LogP contribution in [0.3, 0.4) is 0 Å². The number of allylic oxidation sites excluding steroid dienone is 5. The van der Waals surface area contributed by atoms with Gasteiger partial charge in [-0.25, -0.2) is 0 Å². The molecule has 0 spiro atoms. The minimum absolute atomic E-state index is 0.517. The molecule has 2 aromatic rings. The van der Waals surface area contributed by atoms with Crippen molar-refractivity contribution in [3.63, 3.8) is 0 Å². The number of hydrogen-bond donors (Lipinski definition) is 2.